The minimum absolute atomic E-state index is 0. The molecule has 2 aromatic heterocycles. The molecular formula is C23H27FN4O2Y. The average Bonchev–Trinajstić information content (AvgIpc) is 3.17. The molecule has 0 aliphatic carbocycles. The van der Waals surface area contributed by atoms with Gasteiger partial charge in [-0.05, 0) is 64.3 Å². The molecule has 1 saturated heterocycles. The maximum absolute atomic E-state index is 13.4. The Kier molecular flexibility index (Phi) is 7.04. The Balaban J connectivity index is 0.00000231. The van der Waals surface area contributed by atoms with Gasteiger partial charge in [-0.1, -0.05) is 5.16 Å². The molecule has 5 rings (SSSR count). The molecule has 0 unspecified atom stereocenters. The third kappa shape index (κ3) is 4.55. The second kappa shape index (κ2) is 9.59. The Morgan fingerprint density at radius 3 is 2.81 bits per heavy atom. The first-order valence-electron chi connectivity index (χ1n) is 11.0. The third-order valence-electron chi connectivity index (χ3n) is 6.69. The monoisotopic (exact) mass is 499 g/mol. The number of hydrogen-bond donors (Lipinski definition) is 0. The van der Waals surface area contributed by atoms with E-state index in [1.807, 2.05) is 11.5 Å². The molecule has 1 fully saturated rings. The molecule has 31 heavy (non-hydrogen) atoms. The van der Waals surface area contributed by atoms with Gasteiger partial charge in [0.15, 0.2) is 5.58 Å². The van der Waals surface area contributed by atoms with E-state index in [-0.39, 0.29) is 44.1 Å². The van der Waals surface area contributed by atoms with E-state index in [4.69, 9.17) is 9.51 Å². The Morgan fingerprint density at radius 1 is 1.19 bits per heavy atom. The van der Waals surface area contributed by atoms with Crippen molar-refractivity contribution in [1.82, 2.24) is 19.6 Å². The average molecular weight is 499 g/mol. The summed E-state index contributed by atoms with van der Waals surface area (Å²) in [6.45, 7) is 5.55. The zero-order chi connectivity index (χ0) is 20.7. The van der Waals surface area contributed by atoms with Crippen LogP contribution in [-0.2, 0) is 52.1 Å². The third-order valence-corrected chi connectivity index (χ3v) is 6.69. The quantitative estimate of drug-likeness (QED) is 0.549. The van der Waals surface area contributed by atoms with Gasteiger partial charge < -0.3 is 9.42 Å². The number of rotatable bonds is 4. The van der Waals surface area contributed by atoms with Gasteiger partial charge in [-0.2, -0.15) is 0 Å². The van der Waals surface area contributed by atoms with Crippen molar-refractivity contribution >= 4 is 11.0 Å². The number of likely N-dealkylation sites (tertiary alicyclic amines) is 1. The molecule has 4 heterocycles. The second-order valence-electron chi connectivity index (χ2n) is 8.58. The summed E-state index contributed by atoms with van der Waals surface area (Å²) in [5.41, 5.74) is 3.38. The van der Waals surface area contributed by atoms with E-state index in [0.717, 1.165) is 92.9 Å². The van der Waals surface area contributed by atoms with Crippen molar-refractivity contribution in [2.24, 2.45) is 0 Å². The first-order chi connectivity index (χ1) is 14.6. The van der Waals surface area contributed by atoms with Gasteiger partial charge in [-0.3, -0.25) is 9.36 Å². The molecule has 2 aliphatic heterocycles. The standard InChI is InChI=1S/C23H27FN4O2.Y/c1-15-18(23(29)28-10-3-2-4-21(28)25-15)9-13-27-11-7-16(8-12-27)22-19-6-5-17(24)14-20(19)30-26-22;/h5-6,14,16H,2-4,7-13H2,1H3;. The summed E-state index contributed by atoms with van der Waals surface area (Å²) in [6, 6.07) is 4.63. The first kappa shape index (κ1) is 22.7. The fourth-order valence-electron chi connectivity index (χ4n) is 4.94. The molecule has 0 bridgehead atoms. The Morgan fingerprint density at radius 2 is 2.00 bits per heavy atom. The predicted molar refractivity (Wildman–Crippen MR) is 112 cm³/mol. The maximum atomic E-state index is 13.4. The van der Waals surface area contributed by atoms with E-state index in [1.165, 1.54) is 12.1 Å². The van der Waals surface area contributed by atoms with Crippen molar-refractivity contribution in [1.29, 1.82) is 0 Å². The summed E-state index contributed by atoms with van der Waals surface area (Å²) in [5, 5.41) is 5.15. The molecule has 8 heteroatoms. The van der Waals surface area contributed by atoms with Crippen molar-refractivity contribution < 1.29 is 41.6 Å². The van der Waals surface area contributed by atoms with Crippen molar-refractivity contribution in [2.45, 2.75) is 57.9 Å². The van der Waals surface area contributed by atoms with Gasteiger partial charge in [0, 0.05) is 80.8 Å². The molecule has 3 aromatic rings. The Labute approximate surface area is 206 Å². The van der Waals surface area contributed by atoms with E-state index in [1.54, 1.807) is 6.07 Å². The summed E-state index contributed by atoms with van der Waals surface area (Å²) in [7, 11) is 0. The summed E-state index contributed by atoms with van der Waals surface area (Å²) in [6.07, 6.45) is 5.81. The molecule has 0 spiro atoms. The molecule has 0 saturated carbocycles. The van der Waals surface area contributed by atoms with Gasteiger partial charge in [0.2, 0.25) is 0 Å². The fraction of sp³-hybridized carbons (Fsp3) is 0.522. The summed E-state index contributed by atoms with van der Waals surface area (Å²) in [4.78, 5) is 20.1. The van der Waals surface area contributed by atoms with Crippen molar-refractivity contribution in [3.05, 3.63) is 57.1 Å². The van der Waals surface area contributed by atoms with Crippen LogP contribution in [0, 0.1) is 12.7 Å². The van der Waals surface area contributed by atoms with Crippen LogP contribution in [0.4, 0.5) is 4.39 Å². The van der Waals surface area contributed by atoms with Crippen molar-refractivity contribution in [3.8, 4) is 0 Å². The van der Waals surface area contributed by atoms with Gasteiger partial charge in [0.1, 0.15) is 11.6 Å². The van der Waals surface area contributed by atoms with Gasteiger partial charge >= 0.3 is 0 Å². The molecule has 6 nitrogen and oxygen atoms in total. The maximum Gasteiger partial charge on any atom is 0.256 e. The van der Waals surface area contributed by atoms with Crippen molar-refractivity contribution in [3.63, 3.8) is 0 Å². The number of piperidine rings is 1. The van der Waals surface area contributed by atoms with Crippen LogP contribution in [-0.4, -0.2) is 39.2 Å². The Hall–Kier alpha value is -1.44. The number of aromatic nitrogens is 3. The van der Waals surface area contributed by atoms with Crippen LogP contribution < -0.4 is 5.56 Å². The number of hydrogen-bond acceptors (Lipinski definition) is 5. The molecule has 0 amide bonds. The van der Waals surface area contributed by atoms with Crippen LogP contribution in [0.25, 0.3) is 11.0 Å². The molecule has 0 atom stereocenters. The van der Waals surface area contributed by atoms with E-state index < -0.39 is 0 Å². The Bertz CT molecular complexity index is 1130. The minimum Gasteiger partial charge on any atom is -0.356 e. The van der Waals surface area contributed by atoms with Crippen LogP contribution in [0.1, 0.15) is 54.4 Å². The topological polar surface area (TPSA) is 64.2 Å². The zero-order valence-corrected chi connectivity index (χ0v) is 20.8. The summed E-state index contributed by atoms with van der Waals surface area (Å²) in [5.74, 6) is 0.974. The number of halogens is 1. The van der Waals surface area contributed by atoms with Gasteiger partial charge in [0.05, 0.1) is 5.69 Å². The normalized spacial score (nSPS) is 17.5. The smallest absolute Gasteiger partial charge is 0.256 e. The second-order valence-corrected chi connectivity index (χ2v) is 8.58. The van der Waals surface area contributed by atoms with Crippen LogP contribution >= 0.6 is 0 Å². The van der Waals surface area contributed by atoms with E-state index in [0.29, 0.717) is 11.5 Å². The van der Waals surface area contributed by atoms with E-state index >= 15 is 0 Å². The van der Waals surface area contributed by atoms with Crippen LogP contribution in [0.5, 0.6) is 0 Å². The summed E-state index contributed by atoms with van der Waals surface area (Å²) < 4.78 is 20.6. The van der Waals surface area contributed by atoms with E-state index in [2.05, 4.69) is 10.1 Å². The van der Waals surface area contributed by atoms with Crippen molar-refractivity contribution in [2.75, 3.05) is 19.6 Å². The minimum atomic E-state index is -0.303. The largest absolute Gasteiger partial charge is 0.356 e. The molecule has 2 aliphatic rings. The van der Waals surface area contributed by atoms with Crippen LogP contribution in [0.2, 0.25) is 0 Å². The van der Waals surface area contributed by atoms with Gasteiger partial charge in [-0.25, -0.2) is 9.37 Å². The van der Waals surface area contributed by atoms with Crippen LogP contribution in [0.15, 0.2) is 27.5 Å². The van der Waals surface area contributed by atoms with E-state index in [9.17, 15) is 9.18 Å². The zero-order valence-electron chi connectivity index (χ0n) is 17.9. The van der Waals surface area contributed by atoms with Gasteiger partial charge in [-0.15, -0.1) is 0 Å². The molecular weight excluding hydrogens is 472 g/mol. The summed E-state index contributed by atoms with van der Waals surface area (Å²) >= 11 is 0. The molecule has 1 aromatic carbocycles. The molecule has 1 radical (unpaired) electrons. The molecule has 0 N–H and O–H groups in total. The number of nitrogens with zero attached hydrogens (tertiary/aromatic N) is 4. The van der Waals surface area contributed by atoms with Crippen LogP contribution in [0.3, 0.4) is 0 Å². The number of fused-ring (bicyclic) bond motifs is 2. The molecule has 161 valence electrons. The SMILES string of the molecule is Cc1nc2n(c(=O)c1CCN1CCC(c3noc4cc(F)ccc34)CC1)CCCC2.[Y]. The number of benzene rings is 1. The first-order valence-corrected chi connectivity index (χ1v) is 11.0. The number of aryl methyl sites for hydroxylation is 2. The predicted octanol–water partition coefficient (Wildman–Crippen LogP) is 3.59. The fourth-order valence-corrected chi connectivity index (χ4v) is 4.94. The van der Waals surface area contributed by atoms with Gasteiger partial charge in [0.25, 0.3) is 5.56 Å².